The van der Waals surface area contributed by atoms with Gasteiger partial charge in [-0.3, -0.25) is 0 Å². The first-order valence-corrected chi connectivity index (χ1v) is 5.19. The van der Waals surface area contributed by atoms with Gasteiger partial charge < -0.3 is 19.5 Å². The van der Waals surface area contributed by atoms with Crippen molar-refractivity contribution in [2.45, 2.75) is 18.9 Å². The van der Waals surface area contributed by atoms with Gasteiger partial charge in [0, 0.05) is 13.2 Å². The van der Waals surface area contributed by atoms with E-state index in [0.717, 1.165) is 12.8 Å². The van der Waals surface area contributed by atoms with E-state index in [1.54, 1.807) is 0 Å². The Morgan fingerprint density at radius 3 is 2.38 bits per heavy atom. The molecule has 6 heteroatoms. The zero-order valence-electron chi connectivity index (χ0n) is 9.52. The molecular weight excluding hydrogens is 214 g/mol. The number of hydrogen-bond acceptors (Lipinski definition) is 5. The minimum absolute atomic E-state index is 0.0419. The molecule has 0 bridgehead atoms. The van der Waals surface area contributed by atoms with Crippen molar-refractivity contribution < 1.29 is 23.8 Å². The smallest absolute Gasteiger partial charge is 0.407 e. The Morgan fingerprint density at radius 2 is 1.88 bits per heavy atom. The van der Waals surface area contributed by atoms with Crippen molar-refractivity contribution in [1.82, 2.24) is 5.32 Å². The Labute approximate surface area is 94.2 Å². The van der Waals surface area contributed by atoms with Gasteiger partial charge in [0.1, 0.15) is 6.04 Å². The number of amides is 1. The lowest BCUT2D eigenvalue weighted by Crippen LogP contribution is -2.48. The summed E-state index contributed by atoms with van der Waals surface area (Å²) in [6.07, 6.45) is 0.829. The predicted octanol–water partition coefficient (Wildman–Crippen LogP) is 0.311. The van der Waals surface area contributed by atoms with Crippen LogP contribution >= 0.6 is 0 Å². The summed E-state index contributed by atoms with van der Waals surface area (Å²) in [5.74, 6) is -0.405. The van der Waals surface area contributed by atoms with E-state index >= 15 is 0 Å². The average Bonchev–Trinajstić information content (AvgIpc) is 2.35. The molecular formula is C10H17NO5. The van der Waals surface area contributed by atoms with Gasteiger partial charge in [-0.2, -0.15) is 0 Å². The Bertz CT molecular complexity index is 250. The van der Waals surface area contributed by atoms with Gasteiger partial charge in [0.05, 0.1) is 14.2 Å². The molecule has 1 saturated heterocycles. The van der Waals surface area contributed by atoms with Gasteiger partial charge in [0.25, 0.3) is 0 Å². The van der Waals surface area contributed by atoms with E-state index in [1.807, 2.05) is 0 Å². The summed E-state index contributed by atoms with van der Waals surface area (Å²) < 4.78 is 14.3. The van der Waals surface area contributed by atoms with Gasteiger partial charge in [0.2, 0.25) is 0 Å². The molecule has 1 aliphatic rings. The molecule has 6 nitrogen and oxygen atoms in total. The van der Waals surface area contributed by atoms with Crippen LogP contribution in [0.5, 0.6) is 0 Å². The summed E-state index contributed by atoms with van der Waals surface area (Å²) in [5, 5.41) is 2.50. The molecule has 0 aromatic heterocycles. The van der Waals surface area contributed by atoms with Crippen LogP contribution in [-0.2, 0) is 19.0 Å². The Morgan fingerprint density at radius 1 is 1.25 bits per heavy atom. The summed E-state index contributed by atoms with van der Waals surface area (Å²) in [6, 6.07) is -0.652. The quantitative estimate of drug-likeness (QED) is 0.708. The minimum Gasteiger partial charge on any atom is -0.467 e. The van der Waals surface area contributed by atoms with E-state index in [2.05, 4.69) is 14.8 Å². The first-order chi connectivity index (χ1) is 7.69. The number of rotatable bonds is 3. The maximum atomic E-state index is 11.5. The number of esters is 1. The van der Waals surface area contributed by atoms with Crippen LogP contribution in [-0.4, -0.2) is 45.5 Å². The van der Waals surface area contributed by atoms with Crippen LogP contribution in [0.1, 0.15) is 12.8 Å². The number of hydrogen-bond donors (Lipinski definition) is 1. The molecule has 0 radical (unpaired) electrons. The average molecular weight is 231 g/mol. The maximum Gasteiger partial charge on any atom is 0.407 e. The standard InChI is InChI=1S/C10H17NO5/c1-14-9(12)8(11-10(13)15-2)7-3-5-16-6-4-7/h7-8H,3-6H2,1-2H3,(H,11,13)/t8-/m0/s1. The molecule has 1 rings (SSSR count). The first-order valence-electron chi connectivity index (χ1n) is 5.19. The normalized spacial score (nSPS) is 18.6. The summed E-state index contributed by atoms with van der Waals surface area (Å²) >= 11 is 0. The Balaban J connectivity index is 2.61. The summed E-state index contributed by atoms with van der Waals surface area (Å²) in [4.78, 5) is 22.6. The van der Waals surface area contributed by atoms with Gasteiger partial charge >= 0.3 is 12.1 Å². The molecule has 1 atom stereocenters. The fraction of sp³-hybridized carbons (Fsp3) is 0.800. The van der Waals surface area contributed by atoms with Crippen molar-refractivity contribution in [2.24, 2.45) is 5.92 Å². The maximum absolute atomic E-state index is 11.5. The lowest BCUT2D eigenvalue weighted by Gasteiger charge is -2.28. The second-order valence-corrected chi connectivity index (χ2v) is 3.59. The van der Waals surface area contributed by atoms with Crippen molar-refractivity contribution in [2.75, 3.05) is 27.4 Å². The van der Waals surface area contributed by atoms with Crippen LogP contribution < -0.4 is 5.32 Å². The summed E-state index contributed by atoms with van der Waals surface area (Å²) in [5.41, 5.74) is 0. The fourth-order valence-electron chi connectivity index (χ4n) is 1.73. The number of methoxy groups -OCH3 is 2. The molecule has 0 spiro atoms. The molecule has 1 aliphatic heterocycles. The van der Waals surface area contributed by atoms with Crippen molar-refractivity contribution in [3.8, 4) is 0 Å². The largest absolute Gasteiger partial charge is 0.467 e. The van der Waals surface area contributed by atoms with E-state index in [4.69, 9.17) is 4.74 Å². The molecule has 0 aliphatic carbocycles. The molecule has 0 saturated carbocycles. The van der Waals surface area contributed by atoms with E-state index in [0.29, 0.717) is 13.2 Å². The van der Waals surface area contributed by atoms with Gasteiger partial charge in [-0.1, -0.05) is 0 Å². The molecule has 0 aromatic carbocycles. The zero-order valence-corrected chi connectivity index (χ0v) is 9.52. The highest BCUT2D eigenvalue weighted by Crippen LogP contribution is 2.19. The third-order valence-corrected chi connectivity index (χ3v) is 2.65. The second-order valence-electron chi connectivity index (χ2n) is 3.59. The number of alkyl carbamates (subject to hydrolysis) is 1. The first kappa shape index (κ1) is 12.8. The lowest BCUT2D eigenvalue weighted by atomic mass is 9.92. The van der Waals surface area contributed by atoms with Gasteiger partial charge in [-0.15, -0.1) is 0 Å². The monoisotopic (exact) mass is 231 g/mol. The predicted molar refractivity (Wildman–Crippen MR) is 54.9 cm³/mol. The lowest BCUT2D eigenvalue weighted by molar-refractivity contribution is -0.145. The number of carbonyl (C=O) groups excluding carboxylic acids is 2. The molecule has 1 amide bonds. The molecule has 92 valence electrons. The number of nitrogens with one attached hydrogen (secondary N) is 1. The Hall–Kier alpha value is -1.30. The molecule has 16 heavy (non-hydrogen) atoms. The van der Waals surface area contributed by atoms with Crippen molar-refractivity contribution in [1.29, 1.82) is 0 Å². The fourth-order valence-corrected chi connectivity index (χ4v) is 1.73. The van der Waals surface area contributed by atoms with Crippen molar-refractivity contribution >= 4 is 12.1 Å². The van der Waals surface area contributed by atoms with Crippen molar-refractivity contribution in [3.63, 3.8) is 0 Å². The van der Waals surface area contributed by atoms with Gasteiger partial charge in [-0.25, -0.2) is 9.59 Å². The van der Waals surface area contributed by atoms with Gasteiger partial charge in [-0.05, 0) is 18.8 Å². The van der Waals surface area contributed by atoms with Crippen LogP contribution in [0.2, 0.25) is 0 Å². The molecule has 0 unspecified atom stereocenters. The highest BCUT2D eigenvalue weighted by Gasteiger charge is 2.32. The van der Waals surface area contributed by atoms with E-state index in [1.165, 1.54) is 14.2 Å². The van der Waals surface area contributed by atoms with Crippen LogP contribution in [0.25, 0.3) is 0 Å². The van der Waals surface area contributed by atoms with E-state index in [-0.39, 0.29) is 5.92 Å². The summed E-state index contributed by atoms with van der Waals surface area (Å²) in [7, 11) is 2.56. The van der Waals surface area contributed by atoms with Crippen LogP contribution in [0.15, 0.2) is 0 Å². The molecule has 1 fully saturated rings. The van der Waals surface area contributed by atoms with E-state index < -0.39 is 18.1 Å². The SMILES string of the molecule is COC(=O)N[C@H](C(=O)OC)C1CCOCC1. The highest BCUT2D eigenvalue weighted by atomic mass is 16.5. The molecule has 0 aromatic rings. The third-order valence-electron chi connectivity index (χ3n) is 2.65. The third kappa shape index (κ3) is 3.37. The topological polar surface area (TPSA) is 73.9 Å². The number of ether oxygens (including phenoxy) is 3. The van der Waals surface area contributed by atoms with Crippen LogP contribution in [0.3, 0.4) is 0 Å². The second kappa shape index (κ2) is 6.32. The number of carbonyl (C=O) groups is 2. The summed E-state index contributed by atoms with van der Waals surface area (Å²) in [6.45, 7) is 1.20. The zero-order chi connectivity index (χ0) is 12.0. The van der Waals surface area contributed by atoms with Crippen LogP contribution in [0.4, 0.5) is 4.79 Å². The van der Waals surface area contributed by atoms with E-state index in [9.17, 15) is 9.59 Å². The van der Waals surface area contributed by atoms with Crippen LogP contribution in [0, 0.1) is 5.92 Å². The van der Waals surface area contributed by atoms with Crippen molar-refractivity contribution in [3.05, 3.63) is 0 Å². The Kier molecular flexibility index (Phi) is 5.04. The highest BCUT2D eigenvalue weighted by molar-refractivity contribution is 5.81. The molecule has 1 heterocycles. The minimum atomic E-state index is -0.652. The van der Waals surface area contributed by atoms with Gasteiger partial charge in [0.15, 0.2) is 0 Å². The molecule has 1 N–H and O–H groups in total.